The summed E-state index contributed by atoms with van der Waals surface area (Å²) in [5, 5.41) is 18.8. The molecule has 2 atom stereocenters. The summed E-state index contributed by atoms with van der Waals surface area (Å²) in [7, 11) is 1.56. The van der Waals surface area contributed by atoms with Crippen molar-refractivity contribution in [3.63, 3.8) is 0 Å². The molecule has 2 saturated heterocycles. The van der Waals surface area contributed by atoms with E-state index in [0.717, 1.165) is 16.7 Å². The molecule has 0 spiro atoms. The highest BCUT2D eigenvalue weighted by Crippen LogP contribution is 2.30. The Morgan fingerprint density at radius 1 is 0.979 bits per heavy atom. The molecule has 12 nitrogen and oxygen atoms in total. The number of rotatable bonds is 12. The van der Waals surface area contributed by atoms with E-state index in [4.69, 9.17) is 4.74 Å². The first-order valence-electron chi connectivity index (χ1n) is 15.5. The predicted octanol–water partition coefficient (Wildman–Crippen LogP) is 2.51. The number of phenolic OH excluding ortho intramolecular Hbond substituents is 1. The van der Waals surface area contributed by atoms with Crippen LogP contribution >= 0.6 is 0 Å². The minimum atomic E-state index is -0.915. The van der Waals surface area contributed by atoms with Gasteiger partial charge in [0.2, 0.25) is 11.8 Å². The molecule has 0 aromatic heterocycles. The van der Waals surface area contributed by atoms with Gasteiger partial charge in [-0.1, -0.05) is 60.7 Å². The van der Waals surface area contributed by atoms with Crippen molar-refractivity contribution in [2.45, 2.75) is 31.7 Å². The van der Waals surface area contributed by atoms with Gasteiger partial charge in [-0.2, -0.15) is 0 Å². The molecular weight excluding hydrogens is 600 g/mol. The van der Waals surface area contributed by atoms with Gasteiger partial charge < -0.3 is 30.3 Å². The fourth-order valence-electron chi connectivity index (χ4n) is 5.95. The second kappa shape index (κ2) is 15.4. The zero-order valence-electron chi connectivity index (χ0n) is 26.4. The molecule has 5 rings (SSSR count). The van der Waals surface area contributed by atoms with Crippen LogP contribution in [0.25, 0.3) is 0 Å². The number of hydrogen-bond acceptors (Lipinski definition) is 7. The summed E-state index contributed by atoms with van der Waals surface area (Å²) in [6, 6.07) is 21.7. The van der Waals surface area contributed by atoms with Crippen LogP contribution in [0.3, 0.4) is 0 Å². The fraction of sp³-hybridized carbons (Fsp3) is 0.314. The smallest absolute Gasteiger partial charge is 0.334 e. The third-order valence-corrected chi connectivity index (χ3v) is 8.18. The average Bonchev–Trinajstić information content (AvgIpc) is 3.07. The summed E-state index contributed by atoms with van der Waals surface area (Å²) in [6.45, 7) is 5.18. The third kappa shape index (κ3) is 7.97. The number of hydrazine groups is 1. The van der Waals surface area contributed by atoms with Crippen LogP contribution in [0.1, 0.15) is 27.0 Å². The number of ether oxygens (including phenoxy) is 1. The van der Waals surface area contributed by atoms with Gasteiger partial charge in [0.15, 0.2) is 0 Å². The summed E-state index contributed by atoms with van der Waals surface area (Å²) < 4.78 is 5.02. The number of nitrogens with zero attached hydrogens (tertiary/aromatic N) is 4. The highest BCUT2D eigenvalue weighted by Gasteiger charge is 2.51. The first kappa shape index (κ1) is 33.2. The Bertz CT molecular complexity index is 1580. The summed E-state index contributed by atoms with van der Waals surface area (Å²) in [5.74, 6) is -0.732. The van der Waals surface area contributed by atoms with Crippen LogP contribution in [0.15, 0.2) is 91.5 Å². The number of aromatic hydroxyl groups is 1. The summed E-state index contributed by atoms with van der Waals surface area (Å²) in [4.78, 5) is 57.8. The highest BCUT2D eigenvalue weighted by atomic mass is 16.5. The number of carbonyl (C=O) groups excluding carboxylic acids is 4. The SMILES string of the molecule is C=CCN1CC(=O)N2[C@@H](Cc3ccc(O)cc3)C(=O)N(Cc3cccc(C(=O)NCCOC)c3)C[C@@H]2N1C(=O)NCc1ccccc1. The Hall–Kier alpha value is -5.20. The van der Waals surface area contributed by atoms with Crippen molar-refractivity contribution in [2.24, 2.45) is 0 Å². The predicted molar refractivity (Wildman–Crippen MR) is 175 cm³/mol. The van der Waals surface area contributed by atoms with Crippen LogP contribution in [0.2, 0.25) is 0 Å². The van der Waals surface area contributed by atoms with E-state index < -0.39 is 18.2 Å². The van der Waals surface area contributed by atoms with E-state index in [1.54, 1.807) is 53.4 Å². The van der Waals surface area contributed by atoms with E-state index in [9.17, 15) is 24.3 Å². The molecule has 0 saturated carbocycles. The second-order valence-electron chi connectivity index (χ2n) is 11.5. The minimum Gasteiger partial charge on any atom is -0.508 e. The second-order valence-corrected chi connectivity index (χ2v) is 11.5. The molecule has 2 aliphatic rings. The van der Waals surface area contributed by atoms with Gasteiger partial charge in [-0.05, 0) is 41.0 Å². The molecule has 0 bridgehead atoms. The number of hydrogen-bond donors (Lipinski definition) is 3. The van der Waals surface area contributed by atoms with E-state index in [1.807, 2.05) is 36.4 Å². The Balaban J connectivity index is 1.46. The van der Waals surface area contributed by atoms with Gasteiger partial charge in [0.25, 0.3) is 5.91 Å². The van der Waals surface area contributed by atoms with Crippen LogP contribution in [0.5, 0.6) is 5.75 Å². The standard InChI is InChI=1S/C35H40N6O6/c1-3-17-39-24-32(43)40-30(20-25-12-14-29(42)15-13-25)34(45)38(22-27-10-7-11-28(19-27)33(44)36-16-18-47-2)23-31(40)41(39)35(46)37-21-26-8-5-4-6-9-26/h3-15,19,30-31,42H,1,16-18,20-24H2,2H3,(H,36,44)(H,37,46)/t30-,31-/m0/s1. The first-order valence-corrected chi connectivity index (χ1v) is 15.5. The van der Waals surface area contributed by atoms with Gasteiger partial charge in [-0.25, -0.2) is 14.8 Å². The first-order chi connectivity index (χ1) is 22.8. The van der Waals surface area contributed by atoms with Crippen LogP contribution < -0.4 is 10.6 Å². The molecule has 0 radical (unpaired) electrons. The van der Waals surface area contributed by atoms with E-state index in [-0.39, 0.29) is 62.6 Å². The van der Waals surface area contributed by atoms with Crippen molar-refractivity contribution in [1.29, 1.82) is 0 Å². The van der Waals surface area contributed by atoms with Crippen molar-refractivity contribution in [3.05, 3.63) is 114 Å². The number of phenols is 1. The molecule has 3 aromatic rings. The Labute approximate surface area is 274 Å². The molecule has 5 amide bonds. The highest BCUT2D eigenvalue weighted by molar-refractivity contribution is 5.94. The van der Waals surface area contributed by atoms with Crippen LogP contribution in [-0.4, -0.2) is 101 Å². The van der Waals surface area contributed by atoms with E-state index in [1.165, 1.54) is 22.0 Å². The van der Waals surface area contributed by atoms with Crippen LogP contribution in [-0.2, 0) is 33.8 Å². The molecule has 2 fully saturated rings. The van der Waals surface area contributed by atoms with E-state index in [0.29, 0.717) is 18.7 Å². The molecule has 0 unspecified atom stereocenters. The lowest BCUT2D eigenvalue weighted by atomic mass is 9.98. The number of urea groups is 1. The third-order valence-electron chi connectivity index (χ3n) is 8.18. The van der Waals surface area contributed by atoms with Crippen LogP contribution in [0.4, 0.5) is 4.79 Å². The maximum absolute atomic E-state index is 14.2. The van der Waals surface area contributed by atoms with Crippen LogP contribution in [0, 0.1) is 0 Å². The lowest BCUT2D eigenvalue weighted by Gasteiger charge is -2.55. The largest absolute Gasteiger partial charge is 0.508 e. The van der Waals surface area contributed by atoms with Crippen molar-refractivity contribution in [1.82, 2.24) is 30.5 Å². The van der Waals surface area contributed by atoms with Crippen molar-refractivity contribution < 1.29 is 29.0 Å². The molecule has 3 aromatic carbocycles. The normalized spacial score (nSPS) is 18.1. The Morgan fingerprint density at radius 2 is 1.72 bits per heavy atom. The molecule has 3 N–H and O–H groups in total. The van der Waals surface area contributed by atoms with Gasteiger partial charge >= 0.3 is 6.03 Å². The number of piperazine rings is 1. The van der Waals surface area contributed by atoms with Gasteiger partial charge in [0, 0.05) is 45.3 Å². The molecule has 2 aliphatic heterocycles. The topological polar surface area (TPSA) is 135 Å². The summed E-state index contributed by atoms with van der Waals surface area (Å²) >= 11 is 0. The monoisotopic (exact) mass is 640 g/mol. The molecule has 246 valence electrons. The van der Waals surface area contributed by atoms with Gasteiger partial charge in [-0.3, -0.25) is 14.4 Å². The maximum Gasteiger partial charge on any atom is 0.334 e. The molecule has 2 heterocycles. The van der Waals surface area contributed by atoms with Gasteiger partial charge in [0.05, 0.1) is 19.7 Å². The zero-order chi connectivity index (χ0) is 33.3. The Morgan fingerprint density at radius 3 is 2.45 bits per heavy atom. The Kier molecular flexibility index (Phi) is 10.9. The fourth-order valence-corrected chi connectivity index (χ4v) is 5.95. The minimum absolute atomic E-state index is 0.0489. The van der Waals surface area contributed by atoms with Crippen molar-refractivity contribution in [2.75, 3.05) is 39.9 Å². The molecule has 0 aliphatic carbocycles. The molecular formula is C35H40N6O6. The van der Waals surface area contributed by atoms with E-state index >= 15 is 0 Å². The maximum atomic E-state index is 14.2. The lowest BCUT2D eigenvalue weighted by molar-refractivity contribution is -0.189. The van der Waals surface area contributed by atoms with Gasteiger partial charge in [-0.15, -0.1) is 6.58 Å². The van der Waals surface area contributed by atoms with Gasteiger partial charge in [0.1, 0.15) is 18.0 Å². The summed E-state index contributed by atoms with van der Waals surface area (Å²) in [6.07, 6.45) is 0.997. The number of carbonyl (C=O) groups is 4. The summed E-state index contributed by atoms with van der Waals surface area (Å²) in [5.41, 5.74) is 2.83. The quantitative estimate of drug-likeness (QED) is 0.205. The zero-order valence-corrected chi connectivity index (χ0v) is 26.4. The van der Waals surface area contributed by atoms with Crippen molar-refractivity contribution >= 4 is 23.8 Å². The van der Waals surface area contributed by atoms with E-state index in [2.05, 4.69) is 17.2 Å². The number of fused-ring (bicyclic) bond motifs is 1. The molecule has 12 heteroatoms. The lowest BCUT2D eigenvalue weighted by Crippen LogP contribution is -2.76. The average molecular weight is 641 g/mol. The van der Waals surface area contributed by atoms with Crippen molar-refractivity contribution in [3.8, 4) is 5.75 Å². The number of methoxy groups -OCH3 is 1. The number of amides is 5. The number of nitrogens with one attached hydrogen (secondary N) is 2. The molecule has 47 heavy (non-hydrogen) atoms. The number of benzene rings is 3.